The molecule has 21 heavy (non-hydrogen) atoms. The maximum absolute atomic E-state index is 13.8. The van der Waals surface area contributed by atoms with Crippen LogP contribution in [0.25, 0.3) is 0 Å². The van der Waals surface area contributed by atoms with Crippen molar-refractivity contribution in [2.75, 3.05) is 6.54 Å². The van der Waals surface area contributed by atoms with E-state index >= 15 is 0 Å². The average Bonchev–Trinajstić information content (AvgIpc) is 3.22. The molecule has 0 unspecified atom stereocenters. The van der Waals surface area contributed by atoms with Crippen LogP contribution in [0.3, 0.4) is 0 Å². The molecule has 0 spiro atoms. The van der Waals surface area contributed by atoms with Crippen LogP contribution in [0, 0.1) is 12.7 Å². The SMILES string of the molecule is CCCN(C1CC1)S(=O)(=O)c1cc(C)c(F)c(C(=O)O)c1. The topological polar surface area (TPSA) is 74.7 Å². The van der Waals surface area contributed by atoms with Gasteiger partial charge in [0.1, 0.15) is 5.82 Å². The zero-order chi connectivity index (χ0) is 15.8. The van der Waals surface area contributed by atoms with E-state index in [2.05, 4.69) is 0 Å². The van der Waals surface area contributed by atoms with E-state index in [1.165, 1.54) is 17.3 Å². The zero-order valence-electron chi connectivity index (χ0n) is 12.0. The molecule has 1 aromatic rings. The Morgan fingerprint density at radius 2 is 2.05 bits per heavy atom. The zero-order valence-corrected chi connectivity index (χ0v) is 12.8. The van der Waals surface area contributed by atoms with Crippen LogP contribution < -0.4 is 0 Å². The molecule has 1 aromatic carbocycles. The van der Waals surface area contributed by atoms with Gasteiger partial charge in [0.25, 0.3) is 0 Å². The van der Waals surface area contributed by atoms with E-state index in [4.69, 9.17) is 5.11 Å². The van der Waals surface area contributed by atoms with Gasteiger partial charge in [-0.1, -0.05) is 6.92 Å². The van der Waals surface area contributed by atoms with E-state index in [0.717, 1.165) is 18.9 Å². The minimum Gasteiger partial charge on any atom is -0.478 e. The summed E-state index contributed by atoms with van der Waals surface area (Å²) in [6.45, 7) is 3.62. The smallest absolute Gasteiger partial charge is 0.338 e. The van der Waals surface area contributed by atoms with Crippen molar-refractivity contribution in [3.63, 3.8) is 0 Å². The highest BCUT2D eigenvalue weighted by Gasteiger charge is 2.38. The summed E-state index contributed by atoms with van der Waals surface area (Å²) in [6.07, 6.45) is 2.29. The van der Waals surface area contributed by atoms with Gasteiger partial charge in [0.05, 0.1) is 10.5 Å². The van der Waals surface area contributed by atoms with Crippen molar-refractivity contribution in [1.82, 2.24) is 4.31 Å². The van der Waals surface area contributed by atoms with Crippen molar-refractivity contribution in [2.24, 2.45) is 0 Å². The summed E-state index contributed by atoms with van der Waals surface area (Å²) in [5, 5.41) is 9.00. The highest BCUT2D eigenvalue weighted by Crippen LogP contribution is 2.33. The fraction of sp³-hybridized carbons (Fsp3) is 0.500. The molecular weight excluding hydrogens is 297 g/mol. The predicted octanol–water partition coefficient (Wildman–Crippen LogP) is 2.40. The summed E-state index contributed by atoms with van der Waals surface area (Å²) >= 11 is 0. The van der Waals surface area contributed by atoms with Crippen molar-refractivity contribution in [2.45, 2.75) is 44.0 Å². The van der Waals surface area contributed by atoms with Crippen LogP contribution in [0.1, 0.15) is 42.1 Å². The molecule has 1 N–H and O–H groups in total. The van der Waals surface area contributed by atoms with E-state index < -0.39 is 27.4 Å². The molecule has 1 fully saturated rings. The standard InChI is InChI=1S/C14H18FNO4S/c1-3-6-16(10-4-5-10)21(19,20)11-7-9(2)13(15)12(8-11)14(17)18/h7-8,10H,3-6H2,1-2H3,(H,17,18). The molecule has 0 amide bonds. The van der Waals surface area contributed by atoms with E-state index in [0.29, 0.717) is 13.0 Å². The van der Waals surface area contributed by atoms with Gasteiger partial charge in [-0.05, 0) is 43.9 Å². The third kappa shape index (κ3) is 3.08. The number of nitrogens with zero attached hydrogens (tertiary/aromatic N) is 1. The molecule has 0 atom stereocenters. The van der Waals surface area contributed by atoms with E-state index in [9.17, 15) is 17.6 Å². The number of sulfonamides is 1. The lowest BCUT2D eigenvalue weighted by molar-refractivity contribution is 0.0691. The number of rotatable bonds is 6. The van der Waals surface area contributed by atoms with Crippen LogP contribution in [0.4, 0.5) is 4.39 Å². The summed E-state index contributed by atoms with van der Waals surface area (Å²) in [4.78, 5) is 10.9. The number of halogens is 1. The van der Waals surface area contributed by atoms with Gasteiger partial charge in [-0.15, -0.1) is 0 Å². The molecule has 0 radical (unpaired) electrons. The monoisotopic (exact) mass is 315 g/mol. The van der Waals surface area contributed by atoms with Crippen LogP contribution in [0.5, 0.6) is 0 Å². The summed E-state index contributed by atoms with van der Waals surface area (Å²) in [6, 6.07) is 2.08. The first-order valence-electron chi connectivity index (χ1n) is 6.84. The van der Waals surface area contributed by atoms with Gasteiger partial charge in [0.2, 0.25) is 10.0 Å². The number of hydrogen-bond acceptors (Lipinski definition) is 3. The summed E-state index contributed by atoms with van der Waals surface area (Å²) in [5.41, 5.74) is -0.596. The van der Waals surface area contributed by atoms with Crippen LogP contribution in [-0.2, 0) is 10.0 Å². The first-order chi connectivity index (χ1) is 9.78. The predicted molar refractivity (Wildman–Crippen MR) is 75.3 cm³/mol. The number of carboxylic acids is 1. The van der Waals surface area contributed by atoms with Crippen LogP contribution in [-0.4, -0.2) is 36.4 Å². The largest absolute Gasteiger partial charge is 0.478 e. The van der Waals surface area contributed by atoms with Crippen molar-refractivity contribution in [3.8, 4) is 0 Å². The molecule has 0 saturated heterocycles. The van der Waals surface area contributed by atoms with E-state index in [1.807, 2.05) is 6.92 Å². The molecule has 1 aliphatic carbocycles. The molecule has 116 valence electrons. The van der Waals surface area contributed by atoms with Gasteiger partial charge in [-0.3, -0.25) is 0 Å². The van der Waals surface area contributed by atoms with Crippen molar-refractivity contribution in [3.05, 3.63) is 29.1 Å². The second kappa shape index (κ2) is 5.73. The molecule has 0 bridgehead atoms. The van der Waals surface area contributed by atoms with Gasteiger partial charge < -0.3 is 5.11 Å². The summed E-state index contributed by atoms with van der Waals surface area (Å²) in [5.74, 6) is -2.36. The van der Waals surface area contributed by atoms with Gasteiger partial charge in [-0.25, -0.2) is 17.6 Å². The number of benzene rings is 1. The fourth-order valence-corrected chi connectivity index (χ4v) is 4.15. The number of hydrogen-bond donors (Lipinski definition) is 1. The number of aromatic carboxylic acids is 1. The molecule has 0 heterocycles. The summed E-state index contributed by atoms with van der Waals surface area (Å²) in [7, 11) is -3.79. The van der Waals surface area contributed by atoms with Crippen LogP contribution >= 0.6 is 0 Å². The van der Waals surface area contributed by atoms with Crippen LogP contribution in [0.15, 0.2) is 17.0 Å². The Morgan fingerprint density at radius 3 is 2.52 bits per heavy atom. The van der Waals surface area contributed by atoms with Gasteiger partial charge >= 0.3 is 5.97 Å². The highest BCUT2D eigenvalue weighted by atomic mass is 32.2. The molecular formula is C14H18FNO4S. The Hall–Kier alpha value is -1.47. The Balaban J connectivity index is 2.51. The molecule has 1 saturated carbocycles. The van der Waals surface area contributed by atoms with Gasteiger partial charge in [0.15, 0.2) is 0 Å². The van der Waals surface area contributed by atoms with Crippen molar-refractivity contribution >= 4 is 16.0 Å². The third-order valence-corrected chi connectivity index (χ3v) is 5.39. The number of carboxylic acid groups (broad SMARTS) is 1. The normalized spacial score (nSPS) is 15.4. The summed E-state index contributed by atoms with van der Waals surface area (Å²) < 4.78 is 40.5. The van der Waals surface area contributed by atoms with E-state index in [-0.39, 0.29) is 16.5 Å². The number of aryl methyl sites for hydroxylation is 1. The van der Waals surface area contributed by atoms with Crippen LogP contribution in [0.2, 0.25) is 0 Å². The molecule has 2 rings (SSSR count). The Bertz CT molecular complexity index is 668. The molecule has 7 heteroatoms. The quantitative estimate of drug-likeness (QED) is 0.874. The Labute approximate surface area is 123 Å². The minimum absolute atomic E-state index is 0.0146. The lowest BCUT2D eigenvalue weighted by atomic mass is 10.1. The Morgan fingerprint density at radius 1 is 1.43 bits per heavy atom. The maximum atomic E-state index is 13.8. The molecule has 1 aliphatic rings. The molecule has 0 aromatic heterocycles. The lowest BCUT2D eigenvalue weighted by Gasteiger charge is -2.21. The molecule has 0 aliphatic heterocycles. The highest BCUT2D eigenvalue weighted by molar-refractivity contribution is 7.89. The maximum Gasteiger partial charge on any atom is 0.338 e. The Kier molecular flexibility index (Phi) is 4.34. The third-order valence-electron chi connectivity index (χ3n) is 3.46. The first-order valence-corrected chi connectivity index (χ1v) is 8.28. The fourth-order valence-electron chi connectivity index (χ4n) is 2.26. The van der Waals surface area contributed by atoms with Crippen molar-refractivity contribution < 1.29 is 22.7 Å². The number of carbonyl (C=O) groups is 1. The second-order valence-corrected chi connectivity index (χ2v) is 7.14. The van der Waals surface area contributed by atoms with E-state index in [1.54, 1.807) is 0 Å². The van der Waals surface area contributed by atoms with Crippen molar-refractivity contribution in [1.29, 1.82) is 0 Å². The van der Waals surface area contributed by atoms with Gasteiger partial charge in [0, 0.05) is 12.6 Å². The second-order valence-electron chi connectivity index (χ2n) is 5.25. The van der Waals surface area contributed by atoms with Gasteiger partial charge in [-0.2, -0.15) is 4.31 Å². The average molecular weight is 315 g/mol. The first kappa shape index (κ1) is 15.9. The minimum atomic E-state index is -3.79. The lowest BCUT2D eigenvalue weighted by Crippen LogP contribution is -2.34. The molecule has 5 nitrogen and oxygen atoms in total.